The van der Waals surface area contributed by atoms with E-state index in [1.807, 2.05) is 30.3 Å². The van der Waals surface area contributed by atoms with Gasteiger partial charge < -0.3 is 10.2 Å². The number of carboxylic acid groups (broad SMARTS) is 2. The van der Waals surface area contributed by atoms with Crippen molar-refractivity contribution >= 4 is 11.9 Å². The van der Waals surface area contributed by atoms with E-state index in [1.165, 1.54) is 6.07 Å². The molecule has 0 aromatic heterocycles. The fourth-order valence-electron chi connectivity index (χ4n) is 2.08. The van der Waals surface area contributed by atoms with Gasteiger partial charge in [-0.05, 0) is 29.2 Å². The summed E-state index contributed by atoms with van der Waals surface area (Å²) in [5.74, 6) is -2.01. The Morgan fingerprint density at radius 2 is 1.60 bits per heavy atom. The van der Waals surface area contributed by atoms with E-state index < -0.39 is 11.9 Å². The molecule has 2 aromatic rings. The third kappa shape index (κ3) is 3.45. The van der Waals surface area contributed by atoms with E-state index in [4.69, 9.17) is 5.11 Å². The number of carboxylic acids is 2. The first kappa shape index (κ1) is 13.8. The standard InChI is InChI=1S/C16H14O4/c17-15(18)10-12-6-7-13(14(9-12)16(19)20)8-11-4-2-1-3-5-11/h1-7,9H,8,10H2,(H,17,18)(H,19,20). The normalized spacial score (nSPS) is 10.2. The molecule has 0 aliphatic rings. The monoisotopic (exact) mass is 270 g/mol. The van der Waals surface area contributed by atoms with Gasteiger partial charge in [-0.1, -0.05) is 42.5 Å². The molecule has 20 heavy (non-hydrogen) atoms. The molecule has 102 valence electrons. The molecule has 0 heterocycles. The quantitative estimate of drug-likeness (QED) is 0.875. The van der Waals surface area contributed by atoms with Crippen molar-refractivity contribution in [2.75, 3.05) is 0 Å². The maximum absolute atomic E-state index is 11.3. The molecule has 2 aromatic carbocycles. The first-order valence-electron chi connectivity index (χ1n) is 6.17. The molecule has 4 heteroatoms. The molecule has 0 amide bonds. The Morgan fingerprint density at radius 3 is 2.20 bits per heavy atom. The minimum absolute atomic E-state index is 0.160. The van der Waals surface area contributed by atoms with Gasteiger partial charge >= 0.3 is 11.9 Å². The van der Waals surface area contributed by atoms with Gasteiger partial charge in [-0.2, -0.15) is 0 Å². The van der Waals surface area contributed by atoms with Crippen molar-refractivity contribution in [2.45, 2.75) is 12.8 Å². The van der Waals surface area contributed by atoms with Crippen molar-refractivity contribution in [3.63, 3.8) is 0 Å². The number of rotatable bonds is 5. The van der Waals surface area contributed by atoms with Gasteiger partial charge in [0.1, 0.15) is 0 Å². The summed E-state index contributed by atoms with van der Waals surface area (Å²) >= 11 is 0. The highest BCUT2D eigenvalue weighted by Gasteiger charge is 2.12. The Labute approximate surface area is 116 Å². The number of aromatic carboxylic acids is 1. The average molecular weight is 270 g/mol. The summed E-state index contributed by atoms with van der Waals surface area (Å²) in [4.78, 5) is 22.0. The maximum atomic E-state index is 11.3. The molecule has 0 fully saturated rings. The summed E-state index contributed by atoms with van der Waals surface area (Å²) < 4.78 is 0. The topological polar surface area (TPSA) is 74.6 Å². The van der Waals surface area contributed by atoms with Crippen molar-refractivity contribution in [3.8, 4) is 0 Å². The summed E-state index contributed by atoms with van der Waals surface area (Å²) in [7, 11) is 0. The van der Waals surface area contributed by atoms with E-state index in [0.29, 0.717) is 17.5 Å². The van der Waals surface area contributed by atoms with Crippen LogP contribution in [0.1, 0.15) is 27.0 Å². The molecule has 0 bridgehead atoms. The van der Waals surface area contributed by atoms with Gasteiger partial charge in [-0.15, -0.1) is 0 Å². The Hall–Kier alpha value is -2.62. The van der Waals surface area contributed by atoms with Gasteiger partial charge in [0.25, 0.3) is 0 Å². The Bertz CT molecular complexity index is 632. The predicted octanol–water partition coefficient (Wildman–Crippen LogP) is 2.60. The number of carbonyl (C=O) groups is 2. The van der Waals surface area contributed by atoms with Crippen molar-refractivity contribution in [3.05, 3.63) is 70.8 Å². The molecule has 2 N–H and O–H groups in total. The zero-order chi connectivity index (χ0) is 14.5. The van der Waals surface area contributed by atoms with E-state index in [9.17, 15) is 14.7 Å². The summed E-state index contributed by atoms with van der Waals surface area (Å²) in [6.45, 7) is 0. The molecule has 0 aliphatic carbocycles. The first-order chi connectivity index (χ1) is 9.56. The van der Waals surface area contributed by atoms with E-state index in [0.717, 1.165) is 5.56 Å². The lowest BCUT2D eigenvalue weighted by atomic mass is 9.97. The van der Waals surface area contributed by atoms with Gasteiger partial charge in [0.15, 0.2) is 0 Å². The molecule has 4 nitrogen and oxygen atoms in total. The number of hydrogen-bond donors (Lipinski definition) is 2. The van der Waals surface area contributed by atoms with Gasteiger partial charge in [0, 0.05) is 0 Å². The van der Waals surface area contributed by atoms with Crippen LogP contribution in [0.2, 0.25) is 0 Å². The predicted molar refractivity (Wildman–Crippen MR) is 74.0 cm³/mol. The summed E-state index contributed by atoms with van der Waals surface area (Å²) in [5, 5.41) is 18.0. The van der Waals surface area contributed by atoms with Gasteiger partial charge in [-0.3, -0.25) is 4.79 Å². The molecule has 0 saturated heterocycles. The van der Waals surface area contributed by atoms with E-state index in [2.05, 4.69) is 0 Å². The molecular weight excluding hydrogens is 256 g/mol. The second kappa shape index (κ2) is 6.02. The third-order valence-corrected chi connectivity index (χ3v) is 3.00. The second-order valence-electron chi connectivity index (χ2n) is 4.53. The molecule has 0 radical (unpaired) electrons. The Balaban J connectivity index is 2.33. The van der Waals surface area contributed by atoms with Crippen molar-refractivity contribution < 1.29 is 19.8 Å². The smallest absolute Gasteiger partial charge is 0.335 e. The highest BCUT2D eigenvalue weighted by atomic mass is 16.4. The summed E-state index contributed by atoms with van der Waals surface area (Å²) in [6.07, 6.45) is 0.335. The van der Waals surface area contributed by atoms with Crippen LogP contribution >= 0.6 is 0 Å². The van der Waals surface area contributed by atoms with Gasteiger partial charge in [-0.25, -0.2) is 4.79 Å². The Morgan fingerprint density at radius 1 is 0.900 bits per heavy atom. The molecule has 0 atom stereocenters. The maximum Gasteiger partial charge on any atom is 0.335 e. The second-order valence-corrected chi connectivity index (χ2v) is 4.53. The van der Waals surface area contributed by atoms with Gasteiger partial charge in [0.05, 0.1) is 12.0 Å². The van der Waals surface area contributed by atoms with Crippen LogP contribution < -0.4 is 0 Å². The highest BCUT2D eigenvalue weighted by Crippen LogP contribution is 2.17. The van der Waals surface area contributed by atoms with Crippen LogP contribution in [0.5, 0.6) is 0 Å². The number of benzene rings is 2. The molecule has 0 spiro atoms. The number of hydrogen-bond acceptors (Lipinski definition) is 2. The lowest BCUT2D eigenvalue weighted by Gasteiger charge is -2.08. The van der Waals surface area contributed by atoms with Crippen LogP contribution in [0, 0.1) is 0 Å². The first-order valence-corrected chi connectivity index (χ1v) is 6.17. The minimum atomic E-state index is -1.04. The van der Waals surface area contributed by atoms with Crippen molar-refractivity contribution in [2.24, 2.45) is 0 Å². The zero-order valence-corrected chi connectivity index (χ0v) is 10.7. The van der Waals surface area contributed by atoms with Crippen LogP contribution in [-0.2, 0) is 17.6 Å². The molecule has 0 saturated carbocycles. The fourth-order valence-corrected chi connectivity index (χ4v) is 2.08. The number of aliphatic carboxylic acids is 1. The SMILES string of the molecule is O=C(O)Cc1ccc(Cc2ccccc2)c(C(=O)O)c1. The van der Waals surface area contributed by atoms with Crippen molar-refractivity contribution in [1.29, 1.82) is 0 Å². The average Bonchev–Trinajstić information content (AvgIpc) is 2.41. The van der Waals surface area contributed by atoms with E-state index in [1.54, 1.807) is 12.1 Å². The molecule has 2 rings (SSSR count). The molecular formula is C16H14O4. The van der Waals surface area contributed by atoms with Crippen LogP contribution in [0.4, 0.5) is 0 Å². The van der Waals surface area contributed by atoms with Crippen LogP contribution in [0.15, 0.2) is 48.5 Å². The van der Waals surface area contributed by atoms with Crippen LogP contribution in [0.25, 0.3) is 0 Å². The highest BCUT2D eigenvalue weighted by molar-refractivity contribution is 5.90. The van der Waals surface area contributed by atoms with Crippen molar-refractivity contribution in [1.82, 2.24) is 0 Å². The third-order valence-electron chi connectivity index (χ3n) is 3.00. The summed E-state index contributed by atoms with van der Waals surface area (Å²) in [5.41, 5.74) is 2.35. The zero-order valence-electron chi connectivity index (χ0n) is 10.7. The summed E-state index contributed by atoms with van der Waals surface area (Å²) in [6, 6.07) is 14.3. The molecule has 0 unspecified atom stereocenters. The molecule has 0 aliphatic heterocycles. The van der Waals surface area contributed by atoms with Crippen LogP contribution in [0.3, 0.4) is 0 Å². The van der Waals surface area contributed by atoms with Crippen LogP contribution in [-0.4, -0.2) is 22.2 Å². The lowest BCUT2D eigenvalue weighted by Crippen LogP contribution is -2.07. The fraction of sp³-hybridized carbons (Fsp3) is 0.125. The van der Waals surface area contributed by atoms with Gasteiger partial charge in [0.2, 0.25) is 0 Å². The lowest BCUT2D eigenvalue weighted by molar-refractivity contribution is -0.136. The Kier molecular flexibility index (Phi) is 4.15. The largest absolute Gasteiger partial charge is 0.481 e. The minimum Gasteiger partial charge on any atom is -0.481 e. The van der Waals surface area contributed by atoms with E-state index >= 15 is 0 Å². The van der Waals surface area contributed by atoms with E-state index in [-0.39, 0.29) is 12.0 Å².